The van der Waals surface area contributed by atoms with Crippen LogP contribution in [0.3, 0.4) is 0 Å². The Labute approximate surface area is 157 Å². The zero-order valence-corrected chi connectivity index (χ0v) is 15.6. The van der Waals surface area contributed by atoms with Gasteiger partial charge >= 0.3 is 5.97 Å². The van der Waals surface area contributed by atoms with Gasteiger partial charge < -0.3 is 15.3 Å². The van der Waals surface area contributed by atoms with Crippen molar-refractivity contribution in [3.05, 3.63) is 58.6 Å². The van der Waals surface area contributed by atoms with Crippen LogP contribution in [0.5, 0.6) is 0 Å². The molecule has 2 atom stereocenters. The first-order valence-electron chi connectivity index (χ1n) is 8.06. The molecule has 2 unspecified atom stereocenters. The van der Waals surface area contributed by atoms with E-state index in [4.69, 9.17) is 23.8 Å². The van der Waals surface area contributed by atoms with Crippen LogP contribution in [0.4, 0.5) is 11.4 Å². The number of aryl methyl sites for hydroxylation is 1. The maximum atomic E-state index is 11.6. The standard InChI is InChI=1S/C19H19ClN2O2S/c1-11-9-13(20)7-8-16(11)21-19(25)22-12(2)10-15(18(23)24)14-5-3-4-6-17(14)22/h3-9,12,15H,10H2,1-2H3,(H,21,25)(H,23,24). The summed E-state index contributed by atoms with van der Waals surface area (Å²) in [5.41, 5.74) is 3.53. The highest BCUT2D eigenvalue weighted by molar-refractivity contribution is 7.80. The van der Waals surface area contributed by atoms with E-state index in [0.29, 0.717) is 16.6 Å². The summed E-state index contributed by atoms with van der Waals surface area (Å²) in [5.74, 6) is -1.31. The average Bonchev–Trinajstić information content (AvgIpc) is 2.56. The Morgan fingerprint density at radius 3 is 2.72 bits per heavy atom. The first-order valence-corrected chi connectivity index (χ1v) is 8.85. The van der Waals surface area contributed by atoms with Crippen molar-refractivity contribution in [2.24, 2.45) is 0 Å². The van der Waals surface area contributed by atoms with Crippen molar-refractivity contribution in [3.63, 3.8) is 0 Å². The van der Waals surface area contributed by atoms with E-state index >= 15 is 0 Å². The number of hydrogen-bond acceptors (Lipinski definition) is 2. The lowest BCUT2D eigenvalue weighted by Gasteiger charge is -2.39. The second-order valence-electron chi connectivity index (χ2n) is 6.29. The molecule has 130 valence electrons. The number of aliphatic carboxylic acids is 1. The molecule has 1 aliphatic rings. The van der Waals surface area contributed by atoms with Gasteiger partial charge in [-0.1, -0.05) is 29.8 Å². The molecule has 25 heavy (non-hydrogen) atoms. The SMILES string of the molecule is Cc1cc(Cl)ccc1NC(=S)N1c2ccccc2C(C(=O)O)CC1C. The number of carboxylic acid groups (broad SMARTS) is 1. The fourth-order valence-corrected chi connectivity index (χ4v) is 3.91. The minimum atomic E-state index is -0.800. The van der Waals surface area contributed by atoms with E-state index in [1.165, 1.54) is 0 Å². The highest BCUT2D eigenvalue weighted by Crippen LogP contribution is 2.39. The summed E-state index contributed by atoms with van der Waals surface area (Å²) in [7, 11) is 0. The average molecular weight is 375 g/mol. The summed E-state index contributed by atoms with van der Waals surface area (Å²) in [6.45, 7) is 3.96. The molecule has 1 heterocycles. The molecule has 4 nitrogen and oxygen atoms in total. The first-order chi connectivity index (χ1) is 11.9. The number of thiocarbonyl (C=S) groups is 1. The van der Waals surface area contributed by atoms with Crippen LogP contribution in [0, 0.1) is 6.92 Å². The number of anilines is 2. The highest BCUT2D eigenvalue weighted by Gasteiger charge is 2.35. The normalized spacial score (nSPS) is 19.2. The van der Waals surface area contributed by atoms with Gasteiger partial charge in [0, 0.05) is 22.4 Å². The third-order valence-electron chi connectivity index (χ3n) is 4.54. The number of carboxylic acids is 1. The van der Waals surface area contributed by atoms with Crippen LogP contribution in [0.15, 0.2) is 42.5 Å². The van der Waals surface area contributed by atoms with Crippen LogP contribution < -0.4 is 10.2 Å². The van der Waals surface area contributed by atoms with E-state index in [2.05, 4.69) is 5.32 Å². The van der Waals surface area contributed by atoms with Crippen molar-refractivity contribution in [2.45, 2.75) is 32.2 Å². The molecule has 0 spiro atoms. The molecule has 0 saturated heterocycles. The molecule has 0 aliphatic carbocycles. The largest absolute Gasteiger partial charge is 0.481 e. The van der Waals surface area contributed by atoms with Crippen LogP contribution in [-0.2, 0) is 4.79 Å². The van der Waals surface area contributed by atoms with Gasteiger partial charge in [-0.15, -0.1) is 0 Å². The lowest BCUT2D eigenvalue weighted by atomic mass is 9.86. The number of carbonyl (C=O) groups is 1. The van der Waals surface area contributed by atoms with Crippen molar-refractivity contribution >= 4 is 46.3 Å². The molecular formula is C19H19ClN2O2S. The minimum Gasteiger partial charge on any atom is -0.481 e. The minimum absolute atomic E-state index is 0.0244. The van der Waals surface area contributed by atoms with Gasteiger partial charge in [-0.2, -0.15) is 0 Å². The number of fused-ring (bicyclic) bond motifs is 1. The zero-order valence-electron chi connectivity index (χ0n) is 14.0. The topological polar surface area (TPSA) is 52.6 Å². The Kier molecular flexibility index (Phi) is 4.97. The van der Waals surface area contributed by atoms with Crippen LogP contribution in [0.1, 0.15) is 30.4 Å². The Hall–Kier alpha value is -2.11. The van der Waals surface area contributed by atoms with Crippen LogP contribution in [-0.4, -0.2) is 22.2 Å². The number of benzene rings is 2. The Bertz CT molecular complexity index is 840. The summed E-state index contributed by atoms with van der Waals surface area (Å²) >= 11 is 11.7. The fraction of sp³-hybridized carbons (Fsp3) is 0.263. The molecule has 0 aromatic heterocycles. The molecule has 1 aliphatic heterocycles. The van der Waals surface area contributed by atoms with Crippen molar-refractivity contribution in [1.29, 1.82) is 0 Å². The van der Waals surface area contributed by atoms with Crippen molar-refractivity contribution in [2.75, 3.05) is 10.2 Å². The molecule has 0 radical (unpaired) electrons. The van der Waals surface area contributed by atoms with E-state index in [9.17, 15) is 9.90 Å². The predicted octanol–water partition coefficient (Wildman–Crippen LogP) is 4.81. The number of halogens is 1. The van der Waals surface area contributed by atoms with E-state index in [-0.39, 0.29) is 6.04 Å². The number of rotatable bonds is 2. The second kappa shape index (κ2) is 7.02. The molecular weight excluding hydrogens is 356 g/mol. The third-order valence-corrected chi connectivity index (χ3v) is 5.07. The number of nitrogens with zero attached hydrogens (tertiary/aromatic N) is 1. The summed E-state index contributed by atoms with van der Waals surface area (Å²) < 4.78 is 0. The lowest BCUT2D eigenvalue weighted by molar-refractivity contribution is -0.139. The van der Waals surface area contributed by atoms with Crippen molar-refractivity contribution < 1.29 is 9.90 Å². The van der Waals surface area contributed by atoms with Gasteiger partial charge in [-0.25, -0.2) is 0 Å². The number of para-hydroxylation sites is 1. The first kappa shape index (κ1) is 17.7. The van der Waals surface area contributed by atoms with Gasteiger partial charge in [0.1, 0.15) is 0 Å². The van der Waals surface area contributed by atoms with Gasteiger partial charge in [-0.3, -0.25) is 4.79 Å². The van der Waals surface area contributed by atoms with Crippen molar-refractivity contribution in [3.8, 4) is 0 Å². The van der Waals surface area contributed by atoms with Gasteiger partial charge in [0.25, 0.3) is 0 Å². The zero-order chi connectivity index (χ0) is 18.1. The lowest BCUT2D eigenvalue weighted by Crippen LogP contribution is -2.46. The van der Waals surface area contributed by atoms with Gasteiger partial charge in [0.2, 0.25) is 0 Å². The van der Waals surface area contributed by atoms with E-state index < -0.39 is 11.9 Å². The third kappa shape index (κ3) is 3.48. The van der Waals surface area contributed by atoms with Crippen LogP contribution in [0.2, 0.25) is 5.02 Å². The van der Waals surface area contributed by atoms with Crippen molar-refractivity contribution in [1.82, 2.24) is 0 Å². The highest BCUT2D eigenvalue weighted by atomic mass is 35.5. The molecule has 0 saturated carbocycles. The Balaban J connectivity index is 1.94. The maximum Gasteiger partial charge on any atom is 0.311 e. The van der Waals surface area contributed by atoms with Gasteiger partial charge in [-0.05, 0) is 67.9 Å². The molecule has 2 aromatic rings. The second-order valence-corrected chi connectivity index (χ2v) is 7.12. The molecule has 0 bridgehead atoms. The van der Waals surface area contributed by atoms with Gasteiger partial charge in [0.05, 0.1) is 5.92 Å². The molecule has 3 rings (SSSR count). The number of nitrogens with one attached hydrogen (secondary N) is 1. The summed E-state index contributed by atoms with van der Waals surface area (Å²) in [6, 6.07) is 13.1. The Morgan fingerprint density at radius 1 is 1.32 bits per heavy atom. The van der Waals surface area contributed by atoms with E-state index in [1.54, 1.807) is 0 Å². The summed E-state index contributed by atoms with van der Waals surface area (Å²) in [4.78, 5) is 13.6. The maximum absolute atomic E-state index is 11.6. The van der Waals surface area contributed by atoms with Crippen LogP contribution in [0.25, 0.3) is 0 Å². The molecule has 2 N–H and O–H groups in total. The van der Waals surface area contributed by atoms with E-state index in [1.807, 2.05) is 61.2 Å². The molecule has 0 fully saturated rings. The Morgan fingerprint density at radius 2 is 2.04 bits per heavy atom. The molecule has 6 heteroatoms. The quantitative estimate of drug-likeness (QED) is 0.738. The molecule has 0 amide bonds. The summed E-state index contributed by atoms with van der Waals surface area (Å²) in [6.07, 6.45) is 0.508. The monoisotopic (exact) mass is 374 g/mol. The molecule has 2 aromatic carbocycles. The smallest absolute Gasteiger partial charge is 0.311 e. The summed E-state index contributed by atoms with van der Waals surface area (Å²) in [5, 5.41) is 14.0. The number of hydrogen-bond donors (Lipinski definition) is 2. The van der Waals surface area contributed by atoms with Crippen LogP contribution >= 0.6 is 23.8 Å². The fourth-order valence-electron chi connectivity index (χ4n) is 3.30. The predicted molar refractivity (Wildman–Crippen MR) is 106 cm³/mol. The van der Waals surface area contributed by atoms with E-state index in [0.717, 1.165) is 22.5 Å². The van der Waals surface area contributed by atoms with Gasteiger partial charge in [0.15, 0.2) is 5.11 Å².